The van der Waals surface area contributed by atoms with E-state index in [1.165, 1.54) is 0 Å². The molecule has 1 saturated heterocycles. The van der Waals surface area contributed by atoms with E-state index in [9.17, 15) is 0 Å². The molecule has 2 unspecified atom stereocenters. The van der Waals surface area contributed by atoms with Gasteiger partial charge < -0.3 is 10.1 Å². The largest absolute Gasteiger partial charge is 0.377 e. The highest BCUT2D eigenvalue weighted by Crippen LogP contribution is 2.25. The van der Waals surface area contributed by atoms with E-state index >= 15 is 0 Å². The van der Waals surface area contributed by atoms with E-state index in [0.29, 0.717) is 0 Å². The monoisotopic (exact) mass is 220 g/mol. The Morgan fingerprint density at radius 3 is 3.00 bits per heavy atom. The van der Waals surface area contributed by atoms with Crippen LogP contribution in [0.15, 0.2) is 18.2 Å². The summed E-state index contributed by atoms with van der Waals surface area (Å²) in [5, 5.41) is 3.56. The third-order valence-electron chi connectivity index (χ3n) is 3.51. The summed E-state index contributed by atoms with van der Waals surface area (Å²) in [5.74, 6) is 0. The zero-order valence-corrected chi connectivity index (χ0v) is 10.3. The van der Waals surface area contributed by atoms with Crippen molar-refractivity contribution in [3.63, 3.8) is 0 Å². The predicted octanol–water partition coefficient (Wildman–Crippen LogP) is 2.05. The molecule has 0 spiro atoms. The Morgan fingerprint density at radius 1 is 1.56 bits per heavy atom. The van der Waals surface area contributed by atoms with Gasteiger partial charge in [-0.25, -0.2) is 0 Å². The number of aryl methyl sites for hydroxylation is 1. The minimum atomic E-state index is 0.0887. The van der Waals surface area contributed by atoms with Crippen molar-refractivity contribution in [2.75, 3.05) is 6.61 Å². The number of hydrogen-bond acceptors (Lipinski definition) is 3. The second-order valence-electron chi connectivity index (χ2n) is 4.80. The fraction of sp³-hybridized carbons (Fsp3) is 0.615. The molecule has 0 aliphatic carbocycles. The molecule has 2 heterocycles. The van der Waals surface area contributed by atoms with E-state index in [4.69, 9.17) is 4.74 Å². The fourth-order valence-corrected chi connectivity index (χ4v) is 2.06. The Kier molecular flexibility index (Phi) is 3.26. The average Bonchev–Trinajstić information content (AvgIpc) is 2.58. The van der Waals surface area contributed by atoms with Crippen LogP contribution in [-0.2, 0) is 11.3 Å². The van der Waals surface area contributed by atoms with Crippen molar-refractivity contribution in [3.8, 4) is 0 Å². The minimum Gasteiger partial charge on any atom is -0.377 e. The number of pyridine rings is 1. The summed E-state index contributed by atoms with van der Waals surface area (Å²) in [6.07, 6.45) is 1.34. The van der Waals surface area contributed by atoms with Gasteiger partial charge in [-0.3, -0.25) is 4.98 Å². The van der Waals surface area contributed by atoms with Crippen LogP contribution in [0.3, 0.4) is 0 Å². The SMILES string of the molecule is Cc1cccc(CNC2(C)CCOC2C)n1. The lowest BCUT2D eigenvalue weighted by Gasteiger charge is -2.28. The number of aromatic nitrogens is 1. The molecule has 3 heteroatoms. The predicted molar refractivity (Wildman–Crippen MR) is 64.2 cm³/mol. The third-order valence-corrected chi connectivity index (χ3v) is 3.51. The highest BCUT2D eigenvalue weighted by Gasteiger charge is 2.36. The van der Waals surface area contributed by atoms with E-state index in [-0.39, 0.29) is 11.6 Å². The molecule has 16 heavy (non-hydrogen) atoms. The van der Waals surface area contributed by atoms with Gasteiger partial charge in [0, 0.05) is 24.4 Å². The van der Waals surface area contributed by atoms with Gasteiger partial charge in [0.15, 0.2) is 0 Å². The Hall–Kier alpha value is -0.930. The van der Waals surface area contributed by atoms with E-state index in [1.54, 1.807) is 0 Å². The first kappa shape index (κ1) is 11.6. The van der Waals surface area contributed by atoms with Crippen LogP contribution in [0.5, 0.6) is 0 Å². The summed E-state index contributed by atoms with van der Waals surface area (Å²) in [5.41, 5.74) is 2.26. The van der Waals surface area contributed by atoms with E-state index in [1.807, 2.05) is 13.0 Å². The van der Waals surface area contributed by atoms with Crippen LogP contribution in [0, 0.1) is 6.92 Å². The molecule has 88 valence electrons. The van der Waals surface area contributed by atoms with Crippen LogP contribution in [0.2, 0.25) is 0 Å². The van der Waals surface area contributed by atoms with Crippen LogP contribution >= 0.6 is 0 Å². The molecule has 0 bridgehead atoms. The van der Waals surface area contributed by atoms with Crippen molar-refractivity contribution >= 4 is 0 Å². The third kappa shape index (κ3) is 2.42. The summed E-state index contributed by atoms with van der Waals surface area (Å²) in [6, 6.07) is 6.13. The van der Waals surface area contributed by atoms with Gasteiger partial charge in [0.25, 0.3) is 0 Å². The molecule has 1 aromatic heterocycles. The number of rotatable bonds is 3. The molecule has 1 fully saturated rings. The molecule has 1 aromatic rings. The molecule has 0 amide bonds. The summed E-state index contributed by atoms with van der Waals surface area (Å²) < 4.78 is 5.60. The zero-order valence-electron chi connectivity index (χ0n) is 10.3. The van der Waals surface area contributed by atoms with Crippen molar-refractivity contribution in [2.45, 2.75) is 45.4 Å². The van der Waals surface area contributed by atoms with E-state index in [2.05, 4.69) is 36.3 Å². The summed E-state index contributed by atoms with van der Waals surface area (Å²) >= 11 is 0. The molecule has 0 saturated carbocycles. The van der Waals surface area contributed by atoms with Gasteiger partial charge in [-0.15, -0.1) is 0 Å². The first-order valence-corrected chi connectivity index (χ1v) is 5.89. The summed E-state index contributed by atoms with van der Waals surface area (Å²) in [7, 11) is 0. The highest BCUT2D eigenvalue weighted by atomic mass is 16.5. The van der Waals surface area contributed by atoms with Crippen LogP contribution in [0.4, 0.5) is 0 Å². The van der Waals surface area contributed by atoms with Gasteiger partial charge in [-0.2, -0.15) is 0 Å². The van der Waals surface area contributed by atoms with Crippen LogP contribution in [-0.4, -0.2) is 23.2 Å². The maximum atomic E-state index is 5.60. The van der Waals surface area contributed by atoms with Crippen molar-refractivity contribution in [2.24, 2.45) is 0 Å². The van der Waals surface area contributed by atoms with Gasteiger partial charge >= 0.3 is 0 Å². The molecule has 3 nitrogen and oxygen atoms in total. The van der Waals surface area contributed by atoms with Gasteiger partial charge in [0.05, 0.1) is 11.8 Å². The minimum absolute atomic E-state index is 0.0887. The van der Waals surface area contributed by atoms with E-state index < -0.39 is 0 Å². The zero-order chi connectivity index (χ0) is 11.6. The second-order valence-corrected chi connectivity index (χ2v) is 4.80. The molecule has 2 rings (SSSR count). The lowest BCUT2D eigenvalue weighted by Crippen LogP contribution is -2.47. The number of ether oxygens (including phenoxy) is 1. The molecule has 0 aromatic carbocycles. The maximum Gasteiger partial charge on any atom is 0.0726 e. The average molecular weight is 220 g/mol. The summed E-state index contributed by atoms with van der Waals surface area (Å²) in [6.45, 7) is 8.04. The first-order valence-electron chi connectivity index (χ1n) is 5.89. The Bertz CT molecular complexity index is 367. The Morgan fingerprint density at radius 2 is 2.38 bits per heavy atom. The van der Waals surface area contributed by atoms with Gasteiger partial charge in [-0.1, -0.05) is 6.07 Å². The van der Waals surface area contributed by atoms with Crippen molar-refractivity contribution in [1.29, 1.82) is 0 Å². The smallest absolute Gasteiger partial charge is 0.0726 e. The Balaban J connectivity index is 1.97. The molecular weight excluding hydrogens is 200 g/mol. The van der Waals surface area contributed by atoms with E-state index in [0.717, 1.165) is 31.0 Å². The lowest BCUT2D eigenvalue weighted by atomic mass is 9.94. The van der Waals surface area contributed by atoms with Crippen LogP contribution in [0.1, 0.15) is 31.7 Å². The molecule has 1 aliphatic heterocycles. The number of nitrogens with zero attached hydrogens (tertiary/aromatic N) is 1. The standard InChI is InChI=1S/C13H20N2O/c1-10-5-4-6-12(15-10)9-14-13(3)7-8-16-11(13)2/h4-6,11,14H,7-9H2,1-3H3. The number of nitrogens with one attached hydrogen (secondary N) is 1. The maximum absolute atomic E-state index is 5.60. The van der Waals surface area contributed by atoms with Crippen molar-refractivity contribution < 1.29 is 4.74 Å². The molecular formula is C13H20N2O. The first-order chi connectivity index (χ1) is 7.60. The second kappa shape index (κ2) is 4.52. The molecule has 2 atom stereocenters. The van der Waals surface area contributed by atoms with Crippen LogP contribution < -0.4 is 5.32 Å². The molecule has 1 aliphatic rings. The highest BCUT2D eigenvalue weighted by molar-refractivity contribution is 5.10. The molecule has 1 N–H and O–H groups in total. The van der Waals surface area contributed by atoms with Gasteiger partial charge in [0.1, 0.15) is 0 Å². The van der Waals surface area contributed by atoms with Gasteiger partial charge in [0.2, 0.25) is 0 Å². The van der Waals surface area contributed by atoms with Gasteiger partial charge in [-0.05, 0) is 39.3 Å². The fourth-order valence-electron chi connectivity index (χ4n) is 2.06. The summed E-state index contributed by atoms with van der Waals surface area (Å²) in [4.78, 5) is 4.49. The number of hydrogen-bond donors (Lipinski definition) is 1. The van der Waals surface area contributed by atoms with Crippen molar-refractivity contribution in [1.82, 2.24) is 10.3 Å². The normalized spacial score (nSPS) is 29.6. The topological polar surface area (TPSA) is 34.1 Å². The Labute approximate surface area is 97.2 Å². The quantitative estimate of drug-likeness (QED) is 0.846. The van der Waals surface area contributed by atoms with Crippen molar-refractivity contribution in [3.05, 3.63) is 29.6 Å². The molecule has 0 radical (unpaired) electrons. The van der Waals surface area contributed by atoms with Crippen LogP contribution in [0.25, 0.3) is 0 Å². The lowest BCUT2D eigenvalue weighted by molar-refractivity contribution is 0.0880.